The topological polar surface area (TPSA) is 25.8 Å². The van der Waals surface area contributed by atoms with Gasteiger partial charge in [-0.2, -0.15) is 0 Å². The number of halogens is 4. The Kier molecular flexibility index (Phi) is 4.00. The molecule has 0 radical (unpaired) electrons. The molecule has 0 saturated carbocycles. The lowest BCUT2D eigenvalue weighted by atomic mass is 10.4. The van der Waals surface area contributed by atoms with Gasteiger partial charge in [-0.15, -0.1) is 0 Å². The highest BCUT2D eigenvalue weighted by Gasteiger charge is 2.20. The summed E-state index contributed by atoms with van der Waals surface area (Å²) in [5.74, 6) is -0.646. The van der Waals surface area contributed by atoms with E-state index in [1.54, 1.807) is 6.92 Å². The molecule has 0 atom stereocenters. The van der Waals surface area contributed by atoms with Crippen LogP contribution < -0.4 is 0 Å². The Morgan fingerprint density at radius 2 is 2.07 bits per heavy atom. The van der Waals surface area contributed by atoms with Gasteiger partial charge in [-0.25, -0.2) is 23.1 Å². The molecule has 1 rings (SSSR count). The van der Waals surface area contributed by atoms with E-state index in [1.165, 1.54) is 0 Å². The maximum Gasteiger partial charge on any atom is 0.283 e. The zero-order valence-corrected chi connectivity index (χ0v) is 8.67. The third-order valence-corrected chi connectivity index (χ3v) is 2.28. The van der Waals surface area contributed by atoms with E-state index in [4.69, 9.17) is 11.6 Å². The molecule has 1 aromatic rings. The van der Waals surface area contributed by atoms with Crippen LogP contribution in [0.1, 0.15) is 19.0 Å². The van der Waals surface area contributed by atoms with E-state index in [9.17, 15) is 13.2 Å². The molecule has 0 aromatic carbocycles. The Bertz CT molecular complexity index is 335. The molecule has 0 amide bonds. The molecule has 78 valence electrons. The first-order valence-electron chi connectivity index (χ1n) is 3.70. The van der Waals surface area contributed by atoms with Crippen molar-refractivity contribution in [2.24, 2.45) is 0 Å². The lowest BCUT2D eigenvalue weighted by Gasteiger charge is -2.04. The van der Waals surface area contributed by atoms with Gasteiger partial charge >= 0.3 is 0 Å². The molecule has 0 aliphatic rings. The molecule has 0 fully saturated rings. The molecule has 1 aromatic heterocycles. The van der Waals surface area contributed by atoms with E-state index >= 15 is 0 Å². The van der Waals surface area contributed by atoms with Gasteiger partial charge in [0.2, 0.25) is 0 Å². The van der Waals surface area contributed by atoms with Crippen LogP contribution >= 0.6 is 23.4 Å². The molecule has 7 heteroatoms. The SMILES string of the molecule is CCSc1nc(Cl)c(F)c(C(F)F)n1. The fraction of sp³-hybridized carbons (Fsp3) is 0.429. The lowest BCUT2D eigenvalue weighted by Crippen LogP contribution is -2.01. The van der Waals surface area contributed by atoms with Gasteiger partial charge in [0.15, 0.2) is 16.1 Å². The zero-order chi connectivity index (χ0) is 10.7. The van der Waals surface area contributed by atoms with Gasteiger partial charge in [-0.3, -0.25) is 0 Å². The molecule has 0 aliphatic heterocycles. The largest absolute Gasteiger partial charge is 0.283 e. The summed E-state index contributed by atoms with van der Waals surface area (Å²) in [6.45, 7) is 1.80. The normalized spacial score (nSPS) is 11.0. The van der Waals surface area contributed by atoms with E-state index < -0.39 is 23.1 Å². The van der Waals surface area contributed by atoms with Crippen LogP contribution in [0.15, 0.2) is 5.16 Å². The Balaban J connectivity index is 3.14. The number of aromatic nitrogens is 2. The molecule has 0 spiro atoms. The molecule has 0 N–H and O–H groups in total. The predicted molar refractivity (Wildman–Crippen MR) is 48.4 cm³/mol. The Labute approximate surface area is 87.9 Å². The Morgan fingerprint density at radius 1 is 1.43 bits per heavy atom. The molecule has 1 heterocycles. The van der Waals surface area contributed by atoms with Gasteiger partial charge in [0.25, 0.3) is 6.43 Å². The average molecular weight is 243 g/mol. The minimum atomic E-state index is -2.98. The van der Waals surface area contributed by atoms with Crippen molar-refractivity contribution in [3.8, 4) is 0 Å². The van der Waals surface area contributed by atoms with Gasteiger partial charge in [-0.05, 0) is 5.75 Å². The highest BCUT2D eigenvalue weighted by atomic mass is 35.5. The Hall–Kier alpha value is -0.490. The van der Waals surface area contributed by atoms with Crippen LogP contribution in [0, 0.1) is 5.82 Å². The number of thioether (sulfide) groups is 1. The highest BCUT2D eigenvalue weighted by Crippen LogP contribution is 2.26. The maximum atomic E-state index is 12.9. The standard InChI is InChI=1S/C7H6ClF3N2S/c1-2-14-7-12-4(6(10)11)3(9)5(8)13-7/h6H,2H2,1H3. The molecule has 14 heavy (non-hydrogen) atoms. The predicted octanol–water partition coefficient (Wildman–Crippen LogP) is 3.32. The van der Waals surface area contributed by atoms with Crippen LogP contribution in [0.4, 0.5) is 13.2 Å². The van der Waals surface area contributed by atoms with E-state index in [-0.39, 0.29) is 5.16 Å². The smallest absolute Gasteiger partial charge is 0.218 e. The maximum absolute atomic E-state index is 12.9. The Morgan fingerprint density at radius 3 is 2.57 bits per heavy atom. The van der Waals surface area contributed by atoms with Crippen molar-refractivity contribution in [3.05, 3.63) is 16.7 Å². The van der Waals surface area contributed by atoms with E-state index in [0.717, 1.165) is 11.8 Å². The third kappa shape index (κ3) is 2.51. The summed E-state index contributed by atoms with van der Waals surface area (Å²) in [5, 5.41) is -0.500. The number of rotatable bonds is 3. The highest BCUT2D eigenvalue weighted by molar-refractivity contribution is 7.99. The van der Waals surface area contributed by atoms with Crippen molar-refractivity contribution in [2.75, 3.05) is 5.75 Å². The van der Waals surface area contributed by atoms with Crippen LogP contribution in [0.25, 0.3) is 0 Å². The van der Waals surface area contributed by atoms with Gasteiger partial charge < -0.3 is 0 Å². The van der Waals surface area contributed by atoms with Gasteiger partial charge in [0.1, 0.15) is 5.69 Å². The zero-order valence-electron chi connectivity index (χ0n) is 7.10. The van der Waals surface area contributed by atoms with Gasteiger partial charge in [0, 0.05) is 0 Å². The first-order chi connectivity index (χ1) is 6.56. The first kappa shape index (κ1) is 11.6. The summed E-state index contributed by atoms with van der Waals surface area (Å²) >= 11 is 6.45. The number of nitrogens with zero attached hydrogens (tertiary/aromatic N) is 2. The first-order valence-corrected chi connectivity index (χ1v) is 5.06. The van der Waals surface area contributed by atoms with E-state index in [1.807, 2.05) is 0 Å². The fourth-order valence-electron chi connectivity index (χ4n) is 0.754. The van der Waals surface area contributed by atoms with Crippen molar-refractivity contribution in [1.29, 1.82) is 0 Å². The number of hydrogen-bond acceptors (Lipinski definition) is 3. The molecular weight excluding hydrogens is 237 g/mol. The lowest BCUT2D eigenvalue weighted by molar-refractivity contribution is 0.139. The summed E-state index contributed by atoms with van der Waals surface area (Å²) < 4.78 is 37.4. The summed E-state index contributed by atoms with van der Waals surface area (Å²) in [5.41, 5.74) is -0.944. The minimum absolute atomic E-state index is 0.0641. The average Bonchev–Trinajstić information content (AvgIpc) is 2.11. The van der Waals surface area contributed by atoms with E-state index in [2.05, 4.69) is 9.97 Å². The van der Waals surface area contributed by atoms with Crippen LogP contribution in [-0.4, -0.2) is 15.7 Å². The number of alkyl halides is 2. The minimum Gasteiger partial charge on any atom is -0.218 e. The molecular formula is C7H6ClF3N2S. The molecule has 0 bridgehead atoms. The second-order valence-corrected chi connectivity index (χ2v) is 3.82. The second-order valence-electron chi connectivity index (χ2n) is 2.23. The third-order valence-electron chi connectivity index (χ3n) is 1.30. The van der Waals surface area contributed by atoms with Crippen LogP contribution in [0.3, 0.4) is 0 Å². The van der Waals surface area contributed by atoms with Crippen molar-refractivity contribution < 1.29 is 13.2 Å². The fourth-order valence-corrected chi connectivity index (χ4v) is 1.56. The molecule has 0 aliphatic carbocycles. The van der Waals surface area contributed by atoms with Crippen LogP contribution in [-0.2, 0) is 0 Å². The van der Waals surface area contributed by atoms with Crippen molar-refractivity contribution in [1.82, 2.24) is 9.97 Å². The van der Waals surface area contributed by atoms with Crippen molar-refractivity contribution in [2.45, 2.75) is 18.5 Å². The van der Waals surface area contributed by atoms with Crippen LogP contribution in [0.2, 0.25) is 5.15 Å². The number of hydrogen-bond donors (Lipinski definition) is 0. The molecule has 0 unspecified atom stereocenters. The summed E-state index contributed by atoms with van der Waals surface area (Å²) in [6.07, 6.45) is -2.98. The van der Waals surface area contributed by atoms with Gasteiger partial charge in [0.05, 0.1) is 0 Å². The summed E-state index contributed by atoms with van der Waals surface area (Å²) in [6, 6.07) is 0. The summed E-state index contributed by atoms with van der Waals surface area (Å²) in [4.78, 5) is 6.88. The van der Waals surface area contributed by atoms with E-state index in [0.29, 0.717) is 5.75 Å². The second kappa shape index (κ2) is 4.84. The monoisotopic (exact) mass is 242 g/mol. The molecule has 2 nitrogen and oxygen atoms in total. The van der Waals surface area contributed by atoms with Crippen molar-refractivity contribution in [3.63, 3.8) is 0 Å². The van der Waals surface area contributed by atoms with Crippen LogP contribution in [0.5, 0.6) is 0 Å². The quantitative estimate of drug-likeness (QED) is 0.462. The van der Waals surface area contributed by atoms with Gasteiger partial charge in [-0.1, -0.05) is 30.3 Å². The molecule has 0 saturated heterocycles. The van der Waals surface area contributed by atoms with Crippen molar-refractivity contribution >= 4 is 23.4 Å². The summed E-state index contributed by atoms with van der Waals surface area (Å²) in [7, 11) is 0.